The molecule has 0 spiro atoms. The molecule has 0 aliphatic carbocycles. The zero-order chi connectivity index (χ0) is 13.3. The minimum absolute atomic E-state index is 0.0666. The first-order valence-electron chi connectivity index (χ1n) is 5.01. The van der Waals surface area contributed by atoms with Crippen LogP contribution in [-0.4, -0.2) is 16.2 Å². The summed E-state index contributed by atoms with van der Waals surface area (Å²) in [4.78, 5) is 10.7. The Morgan fingerprint density at radius 2 is 1.72 bits per heavy atom. The quantitative estimate of drug-likeness (QED) is 0.874. The van der Waals surface area contributed by atoms with Crippen LogP contribution in [0.5, 0.6) is 5.75 Å². The Bertz CT molecular complexity index is 626. The van der Waals surface area contributed by atoms with Gasteiger partial charge in [-0.05, 0) is 35.4 Å². The first-order valence-corrected chi connectivity index (χ1v) is 5.38. The monoisotopic (exact) mass is 266 g/mol. The SMILES string of the molecule is O=C(O)c1ccc(-c2ccc(O)c(Cl)c2)cc1F. The van der Waals surface area contributed by atoms with E-state index >= 15 is 0 Å². The van der Waals surface area contributed by atoms with Gasteiger partial charge in [-0.3, -0.25) is 0 Å². The first-order chi connectivity index (χ1) is 8.49. The van der Waals surface area contributed by atoms with Crippen molar-refractivity contribution in [1.29, 1.82) is 0 Å². The molecule has 0 bridgehead atoms. The Balaban J connectivity index is 2.48. The molecule has 0 fully saturated rings. The minimum atomic E-state index is -1.32. The van der Waals surface area contributed by atoms with E-state index in [1.54, 1.807) is 6.07 Å². The molecule has 2 N–H and O–H groups in total. The normalized spacial score (nSPS) is 10.3. The van der Waals surface area contributed by atoms with Crippen molar-refractivity contribution in [1.82, 2.24) is 0 Å². The van der Waals surface area contributed by atoms with Crippen LogP contribution in [0.15, 0.2) is 36.4 Å². The zero-order valence-electron chi connectivity index (χ0n) is 9.02. The second kappa shape index (κ2) is 4.66. The number of phenolic OH excluding ortho intramolecular Hbond substituents is 1. The summed E-state index contributed by atoms with van der Waals surface area (Å²) in [5, 5.41) is 18.1. The molecule has 0 heterocycles. The third kappa shape index (κ3) is 2.28. The van der Waals surface area contributed by atoms with Gasteiger partial charge in [0.15, 0.2) is 0 Å². The lowest BCUT2D eigenvalue weighted by Gasteiger charge is -2.05. The number of aromatic hydroxyl groups is 1. The van der Waals surface area contributed by atoms with Gasteiger partial charge < -0.3 is 10.2 Å². The van der Waals surface area contributed by atoms with Gasteiger partial charge in [0, 0.05) is 0 Å². The maximum atomic E-state index is 13.5. The number of carboxylic acid groups (broad SMARTS) is 1. The van der Waals surface area contributed by atoms with E-state index in [9.17, 15) is 14.3 Å². The number of benzene rings is 2. The molecule has 92 valence electrons. The molecule has 3 nitrogen and oxygen atoms in total. The molecule has 18 heavy (non-hydrogen) atoms. The highest BCUT2D eigenvalue weighted by Gasteiger charge is 2.11. The number of aromatic carboxylic acids is 1. The van der Waals surface area contributed by atoms with E-state index in [-0.39, 0.29) is 16.3 Å². The predicted molar refractivity (Wildman–Crippen MR) is 65.5 cm³/mol. The third-order valence-corrected chi connectivity index (χ3v) is 2.78. The average molecular weight is 267 g/mol. The molecule has 2 aromatic rings. The lowest BCUT2D eigenvalue weighted by atomic mass is 10.0. The van der Waals surface area contributed by atoms with Crippen LogP contribution in [0.4, 0.5) is 4.39 Å². The van der Waals surface area contributed by atoms with Crippen LogP contribution in [0, 0.1) is 5.82 Å². The number of halogens is 2. The second-order valence-corrected chi connectivity index (χ2v) is 4.07. The topological polar surface area (TPSA) is 57.5 Å². The van der Waals surface area contributed by atoms with Crippen molar-refractivity contribution in [3.63, 3.8) is 0 Å². The number of hydrogen-bond donors (Lipinski definition) is 2. The Labute approximate surface area is 107 Å². The van der Waals surface area contributed by atoms with Crippen LogP contribution < -0.4 is 0 Å². The maximum absolute atomic E-state index is 13.5. The highest BCUT2D eigenvalue weighted by atomic mass is 35.5. The van der Waals surface area contributed by atoms with E-state index in [0.29, 0.717) is 11.1 Å². The second-order valence-electron chi connectivity index (χ2n) is 3.67. The summed E-state index contributed by atoms with van der Waals surface area (Å²) in [6.07, 6.45) is 0. The number of phenols is 1. The lowest BCUT2D eigenvalue weighted by Crippen LogP contribution is -2.00. The van der Waals surface area contributed by atoms with E-state index in [0.717, 1.165) is 6.07 Å². The van der Waals surface area contributed by atoms with E-state index in [1.807, 2.05) is 0 Å². The summed E-state index contributed by atoms with van der Waals surface area (Å²) < 4.78 is 13.5. The maximum Gasteiger partial charge on any atom is 0.338 e. The molecule has 0 aliphatic heterocycles. The van der Waals surface area contributed by atoms with Crippen LogP contribution in [-0.2, 0) is 0 Å². The lowest BCUT2D eigenvalue weighted by molar-refractivity contribution is 0.0692. The van der Waals surface area contributed by atoms with Crippen molar-refractivity contribution in [2.75, 3.05) is 0 Å². The van der Waals surface area contributed by atoms with Gasteiger partial charge in [-0.2, -0.15) is 0 Å². The summed E-state index contributed by atoms with van der Waals surface area (Å²) in [7, 11) is 0. The molecule has 2 aromatic carbocycles. The number of carboxylic acids is 1. The molecule has 0 unspecified atom stereocenters. The van der Waals surface area contributed by atoms with Gasteiger partial charge in [-0.15, -0.1) is 0 Å². The molecule has 2 rings (SSSR count). The van der Waals surface area contributed by atoms with Gasteiger partial charge >= 0.3 is 5.97 Å². The van der Waals surface area contributed by atoms with Crippen molar-refractivity contribution in [3.05, 3.63) is 52.8 Å². The van der Waals surface area contributed by atoms with E-state index in [2.05, 4.69) is 0 Å². The van der Waals surface area contributed by atoms with Crippen LogP contribution in [0.2, 0.25) is 5.02 Å². The fraction of sp³-hybridized carbons (Fsp3) is 0. The van der Waals surface area contributed by atoms with E-state index in [4.69, 9.17) is 16.7 Å². The van der Waals surface area contributed by atoms with Crippen molar-refractivity contribution < 1.29 is 19.4 Å². The molecule has 0 amide bonds. The largest absolute Gasteiger partial charge is 0.506 e. The molecule has 0 saturated heterocycles. The molecular weight excluding hydrogens is 259 g/mol. The summed E-state index contributed by atoms with van der Waals surface area (Å²) in [6, 6.07) is 8.22. The van der Waals surface area contributed by atoms with Crippen molar-refractivity contribution in [2.45, 2.75) is 0 Å². The standard InChI is InChI=1S/C13H8ClFO3/c14-10-5-7(2-4-12(10)16)8-1-3-9(13(17)18)11(15)6-8/h1-6,16H,(H,17,18). The molecular formula is C13H8ClFO3. The Kier molecular flexibility index (Phi) is 3.21. The minimum Gasteiger partial charge on any atom is -0.506 e. The van der Waals surface area contributed by atoms with Gasteiger partial charge in [0.2, 0.25) is 0 Å². The summed E-state index contributed by atoms with van der Waals surface area (Å²) in [5.74, 6) is -2.20. The fourth-order valence-corrected chi connectivity index (χ4v) is 1.74. The number of hydrogen-bond acceptors (Lipinski definition) is 2. The van der Waals surface area contributed by atoms with Crippen molar-refractivity contribution in [2.24, 2.45) is 0 Å². The van der Waals surface area contributed by atoms with E-state index in [1.165, 1.54) is 24.3 Å². The molecule has 0 aromatic heterocycles. The highest BCUT2D eigenvalue weighted by Crippen LogP contribution is 2.30. The molecule has 0 radical (unpaired) electrons. The number of rotatable bonds is 2. The van der Waals surface area contributed by atoms with Crippen LogP contribution in [0.3, 0.4) is 0 Å². The average Bonchev–Trinajstić information content (AvgIpc) is 2.32. The molecule has 0 atom stereocenters. The van der Waals surface area contributed by atoms with Gasteiger partial charge in [-0.25, -0.2) is 9.18 Å². The summed E-state index contributed by atoms with van der Waals surface area (Å²) in [6.45, 7) is 0. The van der Waals surface area contributed by atoms with Crippen LogP contribution >= 0.6 is 11.6 Å². The van der Waals surface area contributed by atoms with Crippen molar-refractivity contribution in [3.8, 4) is 16.9 Å². The Hall–Kier alpha value is -2.07. The van der Waals surface area contributed by atoms with Gasteiger partial charge in [0.25, 0.3) is 0 Å². The Morgan fingerprint density at radius 1 is 1.11 bits per heavy atom. The van der Waals surface area contributed by atoms with Crippen molar-refractivity contribution >= 4 is 17.6 Å². The summed E-state index contributed by atoms with van der Waals surface area (Å²) in [5.41, 5.74) is 0.691. The third-order valence-electron chi connectivity index (χ3n) is 2.48. The highest BCUT2D eigenvalue weighted by molar-refractivity contribution is 6.32. The smallest absolute Gasteiger partial charge is 0.338 e. The van der Waals surface area contributed by atoms with Gasteiger partial charge in [0.05, 0.1) is 10.6 Å². The van der Waals surface area contributed by atoms with E-state index < -0.39 is 11.8 Å². The Morgan fingerprint density at radius 3 is 2.28 bits per heavy atom. The van der Waals surface area contributed by atoms with Gasteiger partial charge in [0.1, 0.15) is 11.6 Å². The summed E-state index contributed by atoms with van der Waals surface area (Å²) >= 11 is 5.75. The zero-order valence-corrected chi connectivity index (χ0v) is 9.78. The first kappa shape index (κ1) is 12.4. The molecule has 0 aliphatic rings. The number of carbonyl (C=O) groups is 1. The molecule has 0 saturated carbocycles. The van der Waals surface area contributed by atoms with Crippen LogP contribution in [0.1, 0.15) is 10.4 Å². The molecule has 5 heteroatoms. The van der Waals surface area contributed by atoms with Gasteiger partial charge in [-0.1, -0.05) is 23.7 Å². The fourth-order valence-electron chi connectivity index (χ4n) is 1.55. The predicted octanol–water partition coefficient (Wildman–Crippen LogP) is 3.55. The van der Waals surface area contributed by atoms with Crippen LogP contribution in [0.25, 0.3) is 11.1 Å².